The van der Waals surface area contributed by atoms with Crippen molar-refractivity contribution in [2.75, 3.05) is 5.73 Å². The lowest BCUT2D eigenvalue weighted by Gasteiger charge is -2.09. The third kappa shape index (κ3) is 2.69. The molecule has 0 saturated carbocycles. The minimum Gasteiger partial charge on any atom is -0.479 e. The summed E-state index contributed by atoms with van der Waals surface area (Å²) in [6.07, 6.45) is -1.33. The van der Waals surface area contributed by atoms with Gasteiger partial charge in [-0.3, -0.25) is 0 Å². The quantitative estimate of drug-likeness (QED) is 0.594. The van der Waals surface area contributed by atoms with E-state index in [0.29, 0.717) is 0 Å². The fourth-order valence-corrected chi connectivity index (χ4v) is 0.971. The topological polar surface area (TPSA) is 89.6 Å². The number of hydrogen-bond acceptors (Lipinski definition) is 4. The van der Waals surface area contributed by atoms with E-state index in [-0.39, 0.29) is 11.3 Å². The van der Waals surface area contributed by atoms with Crippen LogP contribution in [0.3, 0.4) is 0 Å². The number of carbonyl (C=O) groups excluding carboxylic acids is 1. The summed E-state index contributed by atoms with van der Waals surface area (Å²) in [6.45, 7) is 1.18. The van der Waals surface area contributed by atoms with E-state index in [1.54, 1.807) is 0 Å². The van der Waals surface area contributed by atoms with E-state index in [4.69, 9.17) is 10.8 Å². The van der Waals surface area contributed by atoms with Gasteiger partial charge in [0.1, 0.15) is 5.82 Å². The molecule has 0 aromatic heterocycles. The molecule has 16 heavy (non-hydrogen) atoms. The fourth-order valence-electron chi connectivity index (χ4n) is 0.971. The molecule has 86 valence electrons. The summed E-state index contributed by atoms with van der Waals surface area (Å²) in [5, 5.41) is 8.50. The zero-order chi connectivity index (χ0) is 12.3. The van der Waals surface area contributed by atoms with Crippen molar-refractivity contribution >= 4 is 17.6 Å². The van der Waals surface area contributed by atoms with Crippen LogP contribution in [0.1, 0.15) is 17.3 Å². The standard InChI is InChI=1S/C10H10FNO4/c1-5(9(13)14)16-10(15)7-3-2-6(12)4-8(7)11/h2-5H,12H2,1H3,(H,13,14). The Morgan fingerprint density at radius 1 is 1.50 bits per heavy atom. The largest absolute Gasteiger partial charge is 0.479 e. The molecule has 0 heterocycles. The first-order valence-electron chi connectivity index (χ1n) is 4.40. The molecule has 1 unspecified atom stereocenters. The molecule has 0 bridgehead atoms. The predicted octanol–water partition coefficient (Wildman–Crippen LogP) is 1.04. The lowest BCUT2D eigenvalue weighted by molar-refractivity contribution is -0.146. The van der Waals surface area contributed by atoms with Crippen LogP contribution in [0.4, 0.5) is 10.1 Å². The molecule has 1 aromatic carbocycles. The van der Waals surface area contributed by atoms with Crippen molar-refractivity contribution in [2.24, 2.45) is 0 Å². The van der Waals surface area contributed by atoms with Crippen LogP contribution in [0.2, 0.25) is 0 Å². The second-order valence-electron chi connectivity index (χ2n) is 3.13. The Hall–Kier alpha value is -2.11. The molecule has 0 spiro atoms. The molecule has 0 radical (unpaired) electrons. The molecule has 0 aliphatic heterocycles. The van der Waals surface area contributed by atoms with Gasteiger partial charge in [-0.05, 0) is 25.1 Å². The smallest absolute Gasteiger partial charge is 0.344 e. The average molecular weight is 227 g/mol. The van der Waals surface area contributed by atoms with Crippen molar-refractivity contribution in [3.63, 3.8) is 0 Å². The number of carbonyl (C=O) groups is 2. The number of ether oxygens (including phenoxy) is 1. The summed E-state index contributed by atoms with van der Waals surface area (Å²) in [5.74, 6) is -3.18. The molecule has 1 rings (SSSR count). The molecule has 1 aromatic rings. The summed E-state index contributed by atoms with van der Waals surface area (Å²) in [7, 11) is 0. The number of anilines is 1. The minimum absolute atomic E-state index is 0.167. The van der Waals surface area contributed by atoms with Gasteiger partial charge in [-0.15, -0.1) is 0 Å². The maximum absolute atomic E-state index is 13.2. The van der Waals surface area contributed by atoms with E-state index >= 15 is 0 Å². The number of hydrogen-bond donors (Lipinski definition) is 2. The van der Waals surface area contributed by atoms with Gasteiger partial charge in [-0.2, -0.15) is 0 Å². The zero-order valence-electron chi connectivity index (χ0n) is 8.44. The van der Waals surface area contributed by atoms with Crippen LogP contribution in [0.25, 0.3) is 0 Å². The second-order valence-corrected chi connectivity index (χ2v) is 3.13. The van der Waals surface area contributed by atoms with Gasteiger partial charge in [0.05, 0.1) is 5.56 Å². The maximum Gasteiger partial charge on any atom is 0.344 e. The van der Waals surface area contributed by atoms with E-state index in [1.807, 2.05) is 0 Å². The number of esters is 1. The number of nitrogen functional groups attached to an aromatic ring is 1. The number of nitrogens with two attached hydrogens (primary N) is 1. The molecular weight excluding hydrogens is 217 g/mol. The fraction of sp³-hybridized carbons (Fsp3) is 0.200. The Labute approximate surface area is 90.6 Å². The van der Waals surface area contributed by atoms with Crippen LogP contribution in [0.15, 0.2) is 18.2 Å². The first-order chi connectivity index (χ1) is 7.41. The lowest BCUT2D eigenvalue weighted by Crippen LogP contribution is -2.24. The number of carboxylic acid groups (broad SMARTS) is 1. The Morgan fingerprint density at radius 3 is 2.62 bits per heavy atom. The molecule has 3 N–H and O–H groups in total. The molecule has 0 fully saturated rings. The van der Waals surface area contributed by atoms with Gasteiger partial charge in [-0.25, -0.2) is 14.0 Å². The van der Waals surface area contributed by atoms with Crippen molar-refractivity contribution in [3.8, 4) is 0 Å². The number of halogens is 1. The summed E-state index contributed by atoms with van der Waals surface area (Å²) >= 11 is 0. The summed E-state index contributed by atoms with van der Waals surface area (Å²) in [5.41, 5.74) is 5.11. The van der Waals surface area contributed by atoms with Crippen molar-refractivity contribution in [2.45, 2.75) is 13.0 Å². The number of benzene rings is 1. The summed E-state index contributed by atoms with van der Waals surface area (Å²) in [4.78, 5) is 21.7. The third-order valence-corrected chi connectivity index (χ3v) is 1.84. The van der Waals surface area contributed by atoms with Crippen molar-refractivity contribution in [1.82, 2.24) is 0 Å². The summed E-state index contributed by atoms with van der Waals surface area (Å²) in [6, 6.07) is 3.43. The lowest BCUT2D eigenvalue weighted by atomic mass is 10.2. The SMILES string of the molecule is CC(OC(=O)c1ccc(N)cc1F)C(=O)O. The first kappa shape index (κ1) is 12.0. The van der Waals surface area contributed by atoms with Gasteiger partial charge in [0, 0.05) is 5.69 Å². The summed E-state index contributed by atoms with van der Waals surface area (Å²) < 4.78 is 17.7. The van der Waals surface area contributed by atoms with Crippen LogP contribution in [-0.4, -0.2) is 23.1 Å². The molecule has 6 heteroatoms. The Bertz CT molecular complexity index is 433. The van der Waals surface area contributed by atoms with Gasteiger partial charge in [-0.1, -0.05) is 0 Å². The monoisotopic (exact) mass is 227 g/mol. The second kappa shape index (κ2) is 4.61. The third-order valence-electron chi connectivity index (χ3n) is 1.84. The molecule has 0 aliphatic rings. The van der Waals surface area contributed by atoms with Crippen LogP contribution in [0, 0.1) is 5.82 Å². The average Bonchev–Trinajstić information content (AvgIpc) is 2.16. The van der Waals surface area contributed by atoms with Gasteiger partial charge < -0.3 is 15.6 Å². The molecule has 1 atom stereocenters. The van der Waals surface area contributed by atoms with Gasteiger partial charge >= 0.3 is 11.9 Å². The normalized spacial score (nSPS) is 11.9. The van der Waals surface area contributed by atoms with Gasteiger partial charge in [0.2, 0.25) is 0 Å². The molecule has 0 amide bonds. The minimum atomic E-state index is -1.33. The Balaban J connectivity index is 2.85. The van der Waals surface area contributed by atoms with Crippen LogP contribution in [-0.2, 0) is 9.53 Å². The van der Waals surface area contributed by atoms with Crippen LogP contribution in [0.5, 0.6) is 0 Å². The molecule has 0 saturated heterocycles. The zero-order valence-corrected chi connectivity index (χ0v) is 8.44. The van der Waals surface area contributed by atoms with E-state index in [2.05, 4.69) is 4.74 Å². The van der Waals surface area contributed by atoms with Gasteiger partial charge in [0.25, 0.3) is 0 Å². The van der Waals surface area contributed by atoms with E-state index in [9.17, 15) is 14.0 Å². The Morgan fingerprint density at radius 2 is 2.12 bits per heavy atom. The maximum atomic E-state index is 13.2. The van der Waals surface area contributed by atoms with Crippen LogP contribution >= 0.6 is 0 Å². The highest BCUT2D eigenvalue weighted by Gasteiger charge is 2.20. The van der Waals surface area contributed by atoms with Crippen molar-refractivity contribution in [3.05, 3.63) is 29.6 Å². The molecule has 5 nitrogen and oxygen atoms in total. The van der Waals surface area contributed by atoms with Crippen LogP contribution < -0.4 is 5.73 Å². The van der Waals surface area contributed by atoms with Crippen molar-refractivity contribution in [1.29, 1.82) is 0 Å². The highest BCUT2D eigenvalue weighted by Crippen LogP contribution is 2.13. The predicted molar refractivity (Wildman–Crippen MR) is 53.3 cm³/mol. The number of rotatable bonds is 3. The first-order valence-corrected chi connectivity index (χ1v) is 4.40. The van der Waals surface area contributed by atoms with E-state index < -0.39 is 23.9 Å². The van der Waals surface area contributed by atoms with E-state index in [1.165, 1.54) is 13.0 Å². The molecular formula is C10H10FNO4. The van der Waals surface area contributed by atoms with E-state index in [0.717, 1.165) is 12.1 Å². The number of aliphatic carboxylic acids is 1. The van der Waals surface area contributed by atoms with Gasteiger partial charge in [0.15, 0.2) is 6.10 Å². The molecule has 0 aliphatic carbocycles. The van der Waals surface area contributed by atoms with Crippen molar-refractivity contribution < 1.29 is 23.8 Å². The Kier molecular flexibility index (Phi) is 3.44. The highest BCUT2D eigenvalue weighted by atomic mass is 19.1. The number of carboxylic acids is 1. The highest BCUT2D eigenvalue weighted by molar-refractivity contribution is 5.91.